The maximum absolute atomic E-state index is 2.44. The predicted molar refractivity (Wildman–Crippen MR) is 66.8 cm³/mol. The quantitative estimate of drug-likeness (QED) is 0.731. The van der Waals surface area contributed by atoms with Crippen molar-refractivity contribution in [3.63, 3.8) is 0 Å². The van der Waals surface area contributed by atoms with Crippen LogP contribution < -0.4 is 9.80 Å². The second kappa shape index (κ2) is 3.76. The van der Waals surface area contributed by atoms with Gasteiger partial charge in [0.25, 0.3) is 0 Å². The minimum atomic E-state index is 1.05. The molecule has 0 aromatic heterocycles. The molecule has 0 spiro atoms. The van der Waals surface area contributed by atoms with Crippen LogP contribution in [0.15, 0.2) is 12.1 Å². The molecule has 0 fully saturated rings. The van der Waals surface area contributed by atoms with Gasteiger partial charge < -0.3 is 9.80 Å². The number of benzene rings is 1. The number of rotatable bonds is 2. The van der Waals surface area contributed by atoms with Crippen molar-refractivity contribution in [1.82, 2.24) is 0 Å². The molecule has 82 valence electrons. The van der Waals surface area contributed by atoms with Crippen LogP contribution in [0.1, 0.15) is 25.0 Å². The summed E-state index contributed by atoms with van der Waals surface area (Å²) in [5, 5.41) is 0. The molecule has 2 rings (SSSR count). The third-order valence-electron chi connectivity index (χ3n) is 3.38. The van der Waals surface area contributed by atoms with Gasteiger partial charge in [-0.25, -0.2) is 0 Å². The Morgan fingerprint density at radius 2 is 1.33 bits per heavy atom. The Labute approximate surface area is 92.5 Å². The van der Waals surface area contributed by atoms with E-state index in [0.29, 0.717) is 0 Å². The molecular formula is C13H20N2. The maximum Gasteiger partial charge on any atom is 0.0903 e. The van der Waals surface area contributed by atoms with E-state index in [1.807, 2.05) is 0 Å². The lowest BCUT2D eigenvalue weighted by atomic mass is 10.1. The highest BCUT2D eigenvalue weighted by Crippen LogP contribution is 2.37. The first-order valence-electron chi connectivity index (χ1n) is 5.78. The van der Waals surface area contributed by atoms with Gasteiger partial charge in [0, 0.05) is 13.1 Å². The van der Waals surface area contributed by atoms with Gasteiger partial charge in [-0.1, -0.05) is 0 Å². The summed E-state index contributed by atoms with van der Waals surface area (Å²) in [5.41, 5.74) is 5.60. The van der Waals surface area contributed by atoms with Crippen LogP contribution in [0.2, 0.25) is 0 Å². The van der Waals surface area contributed by atoms with Gasteiger partial charge in [-0.2, -0.15) is 0 Å². The van der Waals surface area contributed by atoms with Crippen molar-refractivity contribution in [2.45, 2.75) is 27.7 Å². The van der Waals surface area contributed by atoms with Crippen LogP contribution in [-0.4, -0.2) is 19.8 Å². The molecule has 1 aromatic carbocycles. The van der Waals surface area contributed by atoms with E-state index in [1.165, 1.54) is 22.5 Å². The Balaban J connectivity index is 2.49. The first-order chi connectivity index (χ1) is 7.17. The number of nitrogens with zero attached hydrogens (tertiary/aromatic N) is 2. The van der Waals surface area contributed by atoms with Crippen LogP contribution in [0, 0.1) is 13.8 Å². The first-order valence-corrected chi connectivity index (χ1v) is 5.78. The fourth-order valence-corrected chi connectivity index (χ4v) is 2.19. The minimum Gasteiger partial charge on any atom is -0.352 e. The van der Waals surface area contributed by atoms with Gasteiger partial charge in [0.1, 0.15) is 0 Å². The van der Waals surface area contributed by atoms with Gasteiger partial charge in [-0.3, -0.25) is 0 Å². The van der Waals surface area contributed by atoms with E-state index in [-0.39, 0.29) is 0 Å². The van der Waals surface area contributed by atoms with Crippen molar-refractivity contribution in [3.8, 4) is 0 Å². The van der Waals surface area contributed by atoms with Gasteiger partial charge >= 0.3 is 0 Å². The van der Waals surface area contributed by atoms with Crippen LogP contribution >= 0.6 is 0 Å². The molecule has 1 heterocycles. The topological polar surface area (TPSA) is 6.48 Å². The van der Waals surface area contributed by atoms with E-state index in [1.54, 1.807) is 0 Å². The van der Waals surface area contributed by atoms with Gasteiger partial charge in [0.2, 0.25) is 0 Å². The van der Waals surface area contributed by atoms with Crippen LogP contribution in [0.5, 0.6) is 0 Å². The van der Waals surface area contributed by atoms with Crippen LogP contribution in [0.3, 0.4) is 0 Å². The highest BCUT2D eigenvalue weighted by molar-refractivity contribution is 5.77. The van der Waals surface area contributed by atoms with Crippen LogP contribution in [0.4, 0.5) is 11.4 Å². The Bertz CT molecular complexity index is 336. The van der Waals surface area contributed by atoms with E-state index in [2.05, 4.69) is 49.6 Å². The Kier molecular flexibility index (Phi) is 2.59. The molecule has 0 saturated heterocycles. The molecule has 0 amide bonds. The second-order valence-electron chi connectivity index (χ2n) is 4.28. The monoisotopic (exact) mass is 204 g/mol. The van der Waals surface area contributed by atoms with Crippen molar-refractivity contribution >= 4 is 11.4 Å². The van der Waals surface area contributed by atoms with Gasteiger partial charge in [0.05, 0.1) is 18.0 Å². The molecule has 2 heteroatoms. The summed E-state index contributed by atoms with van der Waals surface area (Å²) >= 11 is 0. The highest BCUT2D eigenvalue weighted by Gasteiger charge is 2.23. The van der Waals surface area contributed by atoms with E-state index >= 15 is 0 Å². The van der Waals surface area contributed by atoms with Crippen molar-refractivity contribution in [2.75, 3.05) is 29.6 Å². The number of anilines is 2. The summed E-state index contributed by atoms with van der Waals surface area (Å²) in [6.07, 6.45) is 0. The minimum absolute atomic E-state index is 1.05. The summed E-state index contributed by atoms with van der Waals surface area (Å²) in [4.78, 5) is 4.87. The zero-order valence-corrected chi connectivity index (χ0v) is 10.2. The number of aryl methyl sites for hydroxylation is 2. The standard InChI is InChI=1S/C13H20N2/c1-5-14-9-15(6-2)13-8-11(4)10(3)7-12(13)14/h7-8H,5-6,9H2,1-4H3. The molecule has 1 aliphatic rings. The zero-order valence-electron chi connectivity index (χ0n) is 10.2. The third-order valence-corrected chi connectivity index (χ3v) is 3.38. The van der Waals surface area contributed by atoms with Crippen molar-refractivity contribution < 1.29 is 0 Å². The smallest absolute Gasteiger partial charge is 0.0903 e. The number of hydrogen-bond acceptors (Lipinski definition) is 2. The average molecular weight is 204 g/mol. The largest absolute Gasteiger partial charge is 0.352 e. The zero-order chi connectivity index (χ0) is 11.0. The van der Waals surface area contributed by atoms with E-state index in [9.17, 15) is 0 Å². The predicted octanol–water partition coefficient (Wildman–Crippen LogP) is 2.93. The lowest BCUT2D eigenvalue weighted by Gasteiger charge is -2.18. The van der Waals surface area contributed by atoms with Crippen LogP contribution in [-0.2, 0) is 0 Å². The van der Waals surface area contributed by atoms with Gasteiger partial charge in [-0.15, -0.1) is 0 Å². The lowest BCUT2D eigenvalue weighted by molar-refractivity contribution is 0.801. The molecule has 0 unspecified atom stereocenters. The third kappa shape index (κ3) is 1.58. The van der Waals surface area contributed by atoms with E-state index < -0.39 is 0 Å². The molecular weight excluding hydrogens is 184 g/mol. The van der Waals surface area contributed by atoms with E-state index in [0.717, 1.165) is 19.8 Å². The Morgan fingerprint density at radius 1 is 0.933 bits per heavy atom. The van der Waals surface area contributed by atoms with Crippen LogP contribution in [0.25, 0.3) is 0 Å². The van der Waals surface area contributed by atoms with Crippen molar-refractivity contribution in [3.05, 3.63) is 23.3 Å². The summed E-state index contributed by atoms with van der Waals surface area (Å²) in [6, 6.07) is 4.65. The fourth-order valence-electron chi connectivity index (χ4n) is 2.19. The molecule has 1 aliphatic heterocycles. The molecule has 0 saturated carbocycles. The lowest BCUT2D eigenvalue weighted by Crippen LogP contribution is -2.30. The fraction of sp³-hybridized carbons (Fsp3) is 0.538. The average Bonchev–Trinajstić information content (AvgIpc) is 2.56. The van der Waals surface area contributed by atoms with Gasteiger partial charge in [0.15, 0.2) is 0 Å². The van der Waals surface area contributed by atoms with Gasteiger partial charge in [-0.05, 0) is 51.0 Å². The number of fused-ring (bicyclic) bond motifs is 1. The second-order valence-corrected chi connectivity index (χ2v) is 4.28. The Hall–Kier alpha value is -1.18. The summed E-state index contributed by atoms with van der Waals surface area (Å²) in [5.74, 6) is 0. The molecule has 1 aromatic rings. The molecule has 0 bridgehead atoms. The molecule has 2 nitrogen and oxygen atoms in total. The summed E-state index contributed by atoms with van der Waals surface area (Å²) < 4.78 is 0. The molecule has 0 atom stereocenters. The summed E-state index contributed by atoms with van der Waals surface area (Å²) in [7, 11) is 0. The molecule has 0 radical (unpaired) electrons. The Morgan fingerprint density at radius 3 is 1.67 bits per heavy atom. The first kappa shape index (κ1) is 10.3. The molecule has 15 heavy (non-hydrogen) atoms. The number of hydrogen-bond donors (Lipinski definition) is 0. The van der Waals surface area contributed by atoms with E-state index in [4.69, 9.17) is 0 Å². The molecule has 0 aliphatic carbocycles. The highest BCUT2D eigenvalue weighted by atomic mass is 15.4. The molecule has 0 N–H and O–H groups in total. The van der Waals surface area contributed by atoms with Crippen molar-refractivity contribution in [2.24, 2.45) is 0 Å². The van der Waals surface area contributed by atoms with Crippen molar-refractivity contribution in [1.29, 1.82) is 0 Å². The SMILES string of the molecule is CCN1CN(CC)c2cc(C)c(C)cc21. The maximum atomic E-state index is 2.44. The summed E-state index contributed by atoms with van der Waals surface area (Å²) in [6.45, 7) is 12.1. The normalized spacial score (nSPS) is 14.7.